The second kappa shape index (κ2) is 10.00. The first-order chi connectivity index (χ1) is 17.6. The number of benzene rings is 1. The average molecular weight is 520 g/mol. The summed E-state index contributed by atoms with van der Waals surface area (Å²) >= 11 is 0. The Hall–Kier alpha value is -3.08. The summed E-state index contributed by atoms with van der Waals surface area (Å²) in [6, 6.07) is 6.03. The van der Waals surface area contributed by atoms with Crippen LogP contribution in [0.15, 0.2) is 36.8 Å². The van der Waals surface area contributed by atoms with Crippen molar-refractivity contribution in [3.8, 4) is 5.75 Å². The van der Waals surface area contributed by atoms with E-state index in [1.165, 1.54) is 18.2 Å². The number of halogens is 3. The quantitative estimate of drug-likeness (QED) is 0.536. The Bertz CT molecular complexity index is 1140. The molecule has 1 saturated carbocycles. The highest BCUT2D eigenvalue weighted by molar-refractivity contribution is 5.92. The molecule has 1 aromatic heterocycles. The molecule has 11 heteroatoms. The molecule has 3 unspecified atom stereocenters. The molecule has 3 fully saturated rings. The standard InChI is InChI=1S/C26H32F3N5O3/c1-17-5-4-8-34(17)24(35)15-32-11-20-21(12-32)22(20)13-33(25(36)23-14-31(2)16-30-23)10-18-6-3-7-19(9-18)37-26(27,28)29/h3,6-7,9,14,16-17,20-22H,4-5,8,10-13,15H2,1-2H3. The van der Waals surface area contributed by atoms with Crippen molar-refractivity contribution in [1.82, 2.24) is 24.3 Å². The van der Waals surface area contributed by atoms with Gasteiger partial charge < -0.3 is 19.1 Å². The van der Waals surface area contributed by atoms with E-state index in [0.29, 0.717) is 48.1 Å². The summed E-state index contributed by atoms with van der Waals surface area (Å²) < 4.78 is 43.8. The Kier molecular flexibility index (Phi) is 6.91. The molecule has 0 spiro atoms. The van der Waals surface area contributed by atoms with Crippen molar-refractivity contribution in [3.63, 3.8) is 0 Å². The van der Waals surface area contributed by atoms with E-state index < -0.39 is 6.36 Å². The van der Waals surface area contributed by atoms with Gasteiger partial charge in [0, 0.05) is 52.0 Å². The van der Waals surface area contributed by atoms with Crippen LogP contribution in [0.4, 0.5) is 13.2 Å². The summed E-state index contributed by atoms with van der Waals surface area (Å²) in [4.78, 5) is 36.1. The molecule has 0 N–H and O–H groups in total. The first kappa shape index (κ1) is 25.6. The van der Waals surface area contributed by atoms with Gasteiger partial charge in [-0.15, -0.1) is 13.2 Å². The second-order valence-electron chi connectivity index (χ2n) is 10.6. The molecular formula is C26H32F3N5O3. The summed E-state index contributed by atoms with van der Waals surface area (Å²) in [6.45, 7) is 5.65. The Morgan fingerprint density at radius 1 is 1.22 bits per heavy atom. The van der Waals surface area contributed by atoms with Gasteiger partial charge in [-0.3, -0.25) is 14.5 Å². The molecule has 8 nitrogen and oxygen atoms in total. The molecule has 200 valence electrons. The monoisotopic (exact) mass is 519 g/mol. The van der Waals surface area contributed by atoms with E-state index in [1.807, 2.05) is 4.90 Å². The van der Waals surface area contributed by atoms with Gasteiger partial charge in [0.15, 0.2) is 0 Å². The number of aromatic nitrogens is 2. The van der Waals surface area contributed by atoms with Crippen LogP contribution in [0.3, 0.4) is 0 Å². The highest BCUT2D eigenvalue weighted by Crippen LogP contribution is 2.52. The van der Waals surface area contributed by atoms with E-state index in [0.717, 1.165) is 32.5 Å². The number of alkyl halides is 3. The fourth-order valence-corrected chi connectivity index (χ4v) is 5.94. The number of nitrogens with zero attached hydrogens (tertiary/aromatic N) is 5. The molecule has 2 aliphatic heterocycles. The summed E-state index contributed by atoms with van der Waals surface area (Å²) in [6.07, 6.45) is 0.522. The van der Waals surface area contributed by atoms with Gasteiger partial charge in [0.25, 0.3) is 5.91 Å². The number of imidazole rings is 1. The molecule has 3 heterocycles. The van der Waals surface area contributed by atoms with Gasteiger partial charge in [-0.05, 0) is 55.2 Å². The molecular weight excluding hydrogens is 487 g/mol. The van der Waals surface area contributed by atoms with Gasteiger partial charge in [-0.25, -0.2) is 4.98 Å². The summed E-state index contributed by atoms with van der Waals surface area (Å²) in [5.74, 6) is 0.717. The molecule has 1 aromatic carbocycles. The van der Waals surface area contributed by atoms with Crippen molar-refractivity contribution in [2.24, 2.45) is 24.8 Å². The largest absolute Gasteiger partial charge is 0.573 e. The van der Waals surface area contributed by atoms with Gasteiger partial charge in [0.1, 0.15) is 11.4 Å². The summed E-state index contributed by atoms with van der Waals surface area (Å²) in [5.41, 5.74) is 0.840. The predicted molar refractivity (Wildman–Crippen MR) is 128 cm³/mol. The van der Waals surface area contributed by atoms with E-state index in [4.69, 9.17) is 0 Å². The van der Waals surface area contributed by atoms with Crippen molar-refractivity contribution in [2.75, 3.05) is 32.7 Å². The fraction of sp³-hybridized carbons (Fsp3) is 0.577. The number of carbonyl (C=O) groups excluding carboxylic acids is 2. The number of ether oxygens (including phenoxy) is 1. The van der Waals surface area contributed by atoms with Crippen LogP contribution >= 0.6 is 0 Å². The Labute approximate surface area is 214 Å². The minimum atomic E-state index is -4.78. The van der Waals surface area contributed by atoms with Crippen LogP contribution in [-0.2, 0) is 18.4 Å². The van der Waals surface area contributed by atoms with Gasteiger partial charge >= 0.3 is 6.36 Å². The normalized spacial score (nSPS) is 25.3. The van der Waals surface area contributed by atoms with Gasteiger partial charge in [0.2, 0.25) is 5.91 Å². The lowest BCUT2D eigenvalue weighted by atomic mass is 10.1. The van der Waals surface area contributed by atoms with Crippen LogP contribution in [0.25, 0.3) is 0 Å². The lowest BCUT2D eigenvalue weighted by molar-refractivity contribution is -0.274. The number of rotatable bonds is 8. The smallest absolute Gasteiger partial charge is 0.406 e. The van der Waals surface area contributed by atoms with E-state index in [-0.39, 0.29) is 24.1 Å². The van der Waals surface area contributed by atoms with Crippen molar-refractivity contribution in [1.29, 1.82) is 0 Å². The zero-order valence-electron chi connectivity index (χ0n) is 21.0. The Balaban J connectivity index is 1.22. The number of hydrogen-bond donors (Lipinski definition) is 0. The van der Waals surface area contributed by atoms with Crippen molar-refractivity contribution in [2.45, 2.75) is 38.7 Å². The molecule has 0 radical (unpaired) electrons. The molecule has 3 aliphatic rings. The van der Waals surface area contributed by atoms with Crippen molar-refractivity contribution < 1.29 is 27.5 Å². The van der Waals surface area contributed by atoms with Crippen molar-refractivity contribution in [3.05, 3.63) is 48.0 Å². The maximum Gasteiger partial charge on any atom is 0.573 e. The lowest BCUT2D eigenvalue weighted by Crippen LogP contribution is -2.42. The predicted octanol–water partition coefficient (Wildman–Crippen LogP) is 3.15. The van der Waals surface area contributed by atoms with Crippen LogP contribution in [0.2, 0.25) is 0 Å². The molecule has 3 atom stereocenters. The van der Waals surface area contributed by atoms with Crippen LogP contribution < -0.4 is 4.74 Å². The molecule has 0 bridgehead atoms. The van der Waals surface area contributed by atoms with E-state index in [1.54, 1.807) is 35.1 Å². The first-order valence-corrected chi connectivity index (χ1v) is 12.7. The van der Waals surface area contributed by atoms with Crippen LogP contribution in [0.1, 0.15) is 35.8 Å². The van der Waals surface area contributed by atoms with Crippen molar-refractivity contribution >= 4 is 11.8 Å². The minimum absolute atomic E-state index is 0.148. The number of hydrogen-bond acceptors (Lipinski definition) is 5. The van der Waals surface area contributed by atoms with E-state index >= 15 is 0 Å². The molecule has 2 saturated heterocycles. The Morgan fingerprint density at radius 2 is 1.97 bits per heavy atom. The molecule has 2 amide bonds. The number of carbonyl (C=O) groups is 2. The number of amides is 2. The van der Waals surface area contributed by atoms with Crippen LogP contribution in [-0.4, -0.2) is 81.2 Å². The Morgan fingerprint density at radius 3 is 2.59 bits per heavy atom. The highest BCUT2D eigenvalue weighted by atomic mass is 19.4. The third kappa shape index (κ3) is 5.92. The van der Waals surface area contributed by atoms with Gasteiger partial charge in [-0.1, -0.05) is 12.1 Å². The van der Waals surface area contributed by atoms with E-state index in [9.17, 15) is 22.8 Å². The third-order valence-electron chi connectivity index (χ3n) is 7.83. The third-order valence-corrected chi connectivity index (χ3v) is 7.83. The average Bonchev–Trinajstić information content (AvgIpc) is 3.26. The SMILES string of the molecule is CC1CCCN1C(=O)CN1CC2C(C1)C2CN(Cc1cccc(OC(F)(F)F)c1)C(=O)c1cn(C)cn1. The maximum atomic E-state index is 13.3. The minimum Gasteiger partial charge on any atom is -0.406 e. The highest BCUT2D eigenvalue weighted by Gasteiger charge is 2.56. The fourth-order valence-electron chi connectivity index (χ4n) is 5.94. The first-order valence-electron chi connectivity index (χ1n) is 12.7. The van der Waals surface area contributed by atoms with Gasteiger partial charge in [-0.2, -0.15) is 0 Å². The molecule has 2 aromatic rings. The topological polar surface area (TPSA) is 70.9 Å². The lowest BCUT2D eigenvalue weighted by Gasteiger charge is -2.27. The summed E-state index contributed by atoms with van der Waals surface area (Å²) in [7, 11) is 1.77. The number of aryl methyl sites for hydroxylation is 1. The number of likely N-dealkylation sites (tertiary alicyclic amines) is 2. The van der Waals surface area contributed by atoms with Crippen LogP contribution in [0, 0.1) is 17.8 Å². The zero-order valence-corrected chi connectivity index (χ0v) is 21.0. The van der Waals surface area contributed by atoms with Crippen LogP contribution in [0.5, 0.6) is 5.75 Å². The second-order valence-corrected chi connectivity index (χ2v) is 10.6. The summed E-state index contributed by atoms with van der Waals surface area (Å²) in [5, 5.41) is 0. The molecule has 1 aliphatic carbocycles. The van der Waals surface area contributed by atoms with Gasteiger partial charge in [0.05, 0.1) is 12.9 Å². The number of fused-ring (bicyclic) bond motifs is 1. The number of piperidine rings is 1. The molecule has 37 heavy (non-hydrogen) atoms. The molecule has 5 rings (SSSR count). The van der Waals surface area contributed by atoms with E-state index in [2.05, 4.69) is 21.5 Å². The zero-order chi connectivity index (χ0) is 26.3. The maximum absolute atomic E-state index is 13.3.